The molecular weight excluding hydrogens is 418 g/mol. The molecule has 8 nitrogen and oxygen atoms in total. The minimum absolute atomic E-state index is 0.0381. The van der Waals surface area contributed by atoms with Gasteiger partial charge in [0.15, 0.2) is 35.2 Å². The molecular formula is C22H24F2N6O2. The smallest absolute Gasteiger partial charge is 0.169 e. The van der Waals surface area contributed by atoms with Gasteiger partial charge < -0.3 is 20.7 Å². The van der Waals surface area contributed by atoms with E-state index in [0.717, 1.165) is 12.5 Å². The van der Waals surface area contributed by atoms with Gasteiger partial charge in [0.2, 0.25) is 0 Å². The minimum Gasteiger partial charge on any atom is -0.508 e. The van der Waals surface area contributed by atoms with Crippen LogP contribution in [0.4, 0.5) is 14.6 Å². The maximum atomic E-state index is 14.5. The summed E-state index contributed by atoms with van der Waals surface area (Å²) in [5, 5.41) is 9.39. The molecule has 168 valence electrons. The first-order valence-corrected chi connectivity index (χ1v) is 10.5. The molecule has 0 radical (unpaired) electrons. The van der Waals surface area contributed by atoms with Crippen LogP contribution in [0.1, 0.15) is 61.1 Å². The molecule has 2 atom stereocenters. The van der Waals surface area contributed by atoms with Gasteiger partial charge in [-0.3, -0.25) is 4.79 Å². The Morgan fingerprint density at radius 3 is 2.97 bits per heavy atom. The van der Waals surface area contributed by atoms with Crippen molar-refractivity contribution in [3.63, 3.8) is 0 Å². The third kappa shape index (κ3) is 3.80. The summed E-state index contributed by atoms with van der Waals surface area (Å²) in [6.07, 6.45) is 4.41. The number of ketones is 1. The van der Waals surface area contributed by atoms with Crippen molar-refractivity contribution in [2.24, 2.45) is 0 Å². The highest BCUT2D eigenvalue weighted by Crippen LogP contribution is 2.42. The molecule has 1 aliphatic rings. The number of ether oxygens (including phenoxy) is 1. The van der Waals surface area contributed by atoms with E-state index in [1.807, 2.05) is 12.0 Å². The van der Waals surface area contributed by atoms with Crippen molar-refractivity contribution in [2.75, 3.05) is 11.9 Å². The molecule has 0 amide bonds. The second-order valence-corrected chi connectivity index (χ2v) is 8.31. The van der Waals surface area contributed by atoms with Crippen molar-refractivity contribution in [2.45, 2.75) is 51.7 Å². The van der Waals surface area contributed by atoms with E-state index in [0.29, 0.717) is 29.0 Å². The van der Waals surface area contributed by atoms with Crippen molar-refractivity contribution in [1.82, 2.24) is 14.6 Å². The number of aromatic nitrogens is 3. The number of hydrogen-bond acceptors (Lipinski definition) is 5. The Balaban J connectivity index is 1.66. The normalized spacial score (nSPS) is 18.3. The summed E-state index contributed by atoms with van der Waals surface area (Å²) in [7, 11) is 0. The number of fused-ring (bicyclic) bond motifs is 2. The van der Waals surface area contributed by atoms with Crippen molar-refractivity contribution < 1.29 is 23.4 Å². The summed E-state index contributed by atoms with van der Waals surface area (Å²) < 4.78 is 36.3. The molecule has 3 heterocycles. The second-order valence-electron chi connectivity index (χ2n) is 8.31. The molecule has 32 heavy (non-hydrogen) atoms. The van der Waals surface area contributed by atoms with E-state index in [9.17, 15) is 13.6 Å². The van der Waals surface area contributed by atoms with Gasteiger partial charge in [0.1, 0.15) is 11.6 Å². The Morgan fingerprint density at radius 1 is 1.47 bits per heavy atom. The topological polar surface area (TPSA) is 105 Å². The average molecular weight is 442 g/mol. The van der Waals surface area contributed by atoms with Crippen LogP contribution in [-0.2, 0) is 6.42 Å². The van der Waals surface area contributed by atoms with Crippen molar-refractivity contribution in [3.05, 3.63) is 58.4 Å². The molecule has 0 fully saturated rings. The molecule has 4 rings (SSSR count). The van der Waals surface area contributed by atoms with E-state index >= 15 is 0 Å². The van der Waals surface area contributed by atoms with Crippen LogP contribution in [0.5, 0.6) is 5.75 Å². The summed E-state index contributed by atoms with van der Waals surface area (Å²) in [5.74, 6) is -1.25. The van der Waals surface area contributed by atoms with Gasteiger partial charge in [-0.25, -0.2) is 18.3 Å². The van der Waals surface area contributed by atoms with Crippen LogP contribution >= 0.6 is 0 Å². The van der Waals surface area contributed by atoms with Crippen molar-refractivity contribution in [1.29, 1.82) is 0 Å². The maximum absolute atomic E-state index is 14.5. The van der Waals surface area contributed by atoms with Gasteiger partial charge >= 0.3 is 0 Å². The molecule has 1 aromatic carbocycles. The van der Waals surface area contributed by atoms with Crippen LogP contribution in [-0.4, -0.2) is 32.5 Å². The first-order chi connectivity index (χ1) is 15.3. The molecule has 0 aliphatic carbocycles. The van der Waals surface area contributed by atoms with Crippen LogP contribution in [0.2, 0.25) is 0 Å². The minimum atomic E-state index is -0.969. The number of Topliss-reactive ketones (excluding diaryl/α,β-unsaturated/α-hetero) is 1. The average Bonchev–Trinajstić information content (AvgIpc) is 3.32. The SMILES string of the molecule is CCCC(=O)c1cnn2ccc(N[C@H](C)c3cc(F)c(F)c4c3OC(C)(C[NH+]=[N-])C4)nc12. The van der Waals surface area contributed by atoms with Crippen LogP contribution in [0.25, 0.3) is 11.2 Å². The zero-order valence-electron chi connectivity index (χ0n) is 18.1. The van der Waals surface area contributed by atoms with Gasteiger partial charge in [0, 0.05) is 30.2 Å². The quantitative estimate of drug-likeness (QED) is 0.412. The van der Waals surface area contributed by atoms with E-state index in [4.69, 9.17) is 10.3 Å². The fraction of sp³-hybridized carbons (Fsp3) is 0.409. The van der Waals surface area contributed by atoms with Crippen LogP contribution in [0.15, 0.2) is 24.5 Å². The Bertz CT molecular complexity index is 1210. The van der Waals surface area contributed by atoms with Crippen LogP contribution in [0.3, 0.4) is 0 Å². The van der Waals surface area contributed by atoms with Gasteiger partial charge in [-0.05, 0) is 32.4 Å². The molecule has 0 saturated carbocycles. The standard InChI is InChI=1S/C22H24F2N6O2/c1-4-5-17(31)15-10-27-30-7-6-18(29-21(15)30)28-12(2)13-8-16(23)19(24)14-9-22(3,11-26-25)32-20(13)14/h6-8,10,12,26H,4-5,9,11H2,1-3H3,(H,28,29)/t12-,22?/m1/s1. The van der Waals surface area contributed by atoms with Crippen molar-refractivity contribution >= 4 is 17.2 Å². The predicted molar refractivity (Wildman–Crippen MR) is 113 cm³/mol. The van der Waals surface area contributed by atoms with Gasteiger partial charge in [-0.1, -0.05) is 6.92 Å². The molecule has 1 aliphatic heterocycles. The van der Waals surface area contributed by atoms with E-state index in [2.05, 4.69) is 15.4 Å². The number of rotatable bonds is 8. The zero-order valence-corrected chi connectivity index (χ0v) is 18.1. The predicted octanol–water partition coefficient (Wildman–Crippen LogP) is 2.96. The lowest BCUT2D eigenvalue weighted by Gasteiger charge is -2.22. The summed E-state index contributed by atoms with van der Waals surface area (Å²) in [6.45, 7) is 5.47. The number of nitrogens with one attached hydrogen (secondary N) is 2. The summed E-state index contributed by atoms with van der Waals surface area (Å²) in [5.41, 5.74) is 9.60. The highest BCUT2D eigenvalue weighted by Gasteiger charge is 2.41. The van der Waals surface area contributed by atoms with Gasteiger partial charge in [-0.15, -0.1) is 0 Å². The fourth-order valence-electron chi connectivity index (χ4n) is 4.01. The number of halogens is 2. The lowest BCUT2D eigenvalue weighted by molar-refractivity contribution is -0.498. The highest BCUT2D eigenvalue weighted by molar-refractivity contribution is 6.01. The molecule has 3 aromatic rings. The third-order valence-electron chi connectivity index (χ3n) is 5.62. The fourth-order valence-corrected chi connectivity index (χ4v) is 4.01. The number of benzene rings is 1. The summed E-state index contributed by atoms with van der Waals surface area (Å²) in [4.78, 5) is 16.9. The third-order valence-corrected chi connectivity index (χ3v) is 5.62. The Morgan fingerprint density at radius 2 is 2.25 bits per heavy atom. The first kappa shape index (κ1) is 21.8. The molecule has 2 aromatic heterocycles. The van der Waals surface area contributed by atoms with E-state index in [-0.39, 0.29) is 30.1 Å². The molecule has 0 saturated heterocycles. The molecule has 2 N–H and O–H groups in total. The summed E-state index contributed by atoms with van der Waals surface area (Å²) in [6, 6.07) is 2.30. The zero-order chi connectivity index (χ0) is 23.0. The lowest BCUT2D eigenvalue weighted by Crippen LogP contribution is -2.71. The number of nitrogens with zero attached hydrogens (tertiary/aromatic N) is 4. The molecule has 0 bridgehead atoms. The van der Waals surface area contributed by atoms with Gasteiger partial charge in [0.05, 0.1) is 17.8 Å². The largest absolute Gasteiger partial charge is 0.508 e. The maximum Gasteiger partial charge on any atom is 0.169 e. The molecule has 10 heteroatoms. The lowest BCUT2D eigenvalue weighted by atomic mass is 9.96. The second kappa shape index (κ2) is 8.25. The first-order valence-electron chi connectivity index (χ1n) is 10.5. The van der Waals surface area contributed by atoms with E-state index < -0.39 is 23.3 Å². The van der Waals surface area contributed by atoms with Gasteiger partial charge in [-0.2, -0.15) is 5.10 Å². The number of carbonyl (C=O) groups is 1. The van der Waals surface area contributed by atoms with Crippen LogP contribution < -0.4 is 15.2 Å². The number of hydrogen-bond donors (Lipinski definition) is 2. The monoisotopic (exact) mass is 442 g/mol. The molecule has 0 spiro atoms. The summed E-state index contributed by atoms with van der Waals surface area (Å²) >= 11 is 0. The van der Waals surface area contributed by atoms with Crippen LogP contribution in [0, 0.1) is 11.6 Å². The Kier molecular flexibility index (Phi) is 5.62. The van der Waals surface area contributed by atoms with E-state index in [1.54, 1.807) is 26.1 Å². The van der Waals surface area contributed by atoms with Crippen molar-refractivity contribution in [3.8, 4) is 5.75 Å². The Labute approximate surface area is 183 Å². The number of carbonyl (C=O) groups excluding carboxylic acids is 1. The highest BCUT2D eigenvalue weighted by atomic mass is 19.2. The number of anilines is 1. The van der Waals surface area contributed by atoms with Gasteiger partial charge in [0.25, 0.3) is 0 Å². The van der Waals surface area contributed by atoms with E-state index in [1.165, 1.54) is 10.7 Å². The Hall–Kier alpha value is -3.43. The molecule has 1 unspecified atom stereocenters.